The van der Waals surface area contributed by atoms with Gasteiger partial charge in [0, 0.05) is 10.9 Å². The van der Waals surface area contributed by atoms with Gasteiger partial charge in [0.1, 0.15) is 10.7 Å². The highest BCUT2D eigenvalue weighted by Crippen LogP contribution is 2.24. The average Bonchev–Trinajstić information content (AvgIpc) is 3.06. The van der Waals surface area contributed by atoms with Crippen molar-refractivity contribution in [2.24, 2.45) is 0 Å². The second-order valence-electron chi connectivity index (χ2n) is 4.95. The molecular weight excluding hydrogens is 326 g/mol. The van der Waals surface area contributed by atoms with Crippen molar-refractivity contribution >= 4 is 34.7 Å². The minimum atomic E-state index is -0.224. The molecule has 0 fully saturated rings. The summed E-state index contributed by atoms with van der Waals surface area (Å²) in [7, 11) is 0. The van der Waals surface area contributed by atoms with Crippen molar-refractivity contribution in [3.05, 3.63) is 59.2 Å². The maximum atomic E-state index is 12.3. The molecule has 2 aromatic heterocycles. The average molecular weight is 341 g/mol. The predicted octanol–water partition coefficient (Wildman–Crippen LogP) is 4.49. The second-order valence-corrected chi connectivity index (χ2v) is 6.63. The normalized spacial score (nSPS) is 10.5. The summed E-state index contributed by atoms with van der Waals surface area (Å²) in [4.78, 5) is 20.9. The molecule has 0 saturated heterocycles. The van der Waals surface area contributed by atoms with Crippen molar-refractivity contribution in [1.82, 2.24) is 9.97 Å². The number of pyridine rings is 1. The van der Waals surface area contributed by atoms with Gasteiger partial charge >= 0.3 is 0 Å². The van der Waals surface area contributed by atoms with Gasteiger partial charge in [0.05, 0.1) is 16.9 Å². The molecule has 0 radical (unpaired) electrons. The van der Waals surface area contributed by atoms with Gasteiger partial charge in [-0.2, -0.15) is 0 Å². The van der Waals surface area contributed by atoms with Gasteiger partial charge in [-0.25, -0.2) is 9.97 Å². The molecule has 4 nitrogen and oxygen atoms in total. The molecule has 0 aliphatic heterocycles. The van der Waals surface area contributed by atoms with Crippen molar-refractivity contribution in [3.63, 3.8) is 0 Å². The summed E-state index contributed by atoms with van der Waals surface area (Å²) in [6, 6.07) is 11.8. The van der Waals surface area contributed by atoms with Gasteiger partial charge < -0.3 is 5.32 Å². The summed E-state index contributed by atoms with van der Waals surface area (Å²) >= 11 is 3.02. The Morgan fingerprint density at radius 2 is 1.96 bits per heavy atom. The molecule has 0 spiro atoms. The monoisotopic (exact) mass is 341 g/mol. The molecule has 116 valence electrons. The Hall–Kier alpha value is -2.18. The second kappa shape index (κ2) is 6.93. The van der Waals surface area contributed by atoms with E-state index >= 15 is 0 Å². The van der Waals surface area contributed by atoms with Crippen molar-refractivity contribution in [1.29, 1.82) is 0 Å². The summed E-state index contributed by atoms with van der Waals surface area (Å²) < 4.78 is 0. The summed E-state index contributed by atoms with van der Waals surface area (Å²) in [5.74, 6) is -0.224. The highest BCUT2D eigenvalue weighted by atomic mass is 32.2. The number of carbonyl (C=O) groups is 1. The summed E-state index contributed by atoms with van der Waals surface area (Å²) in [6.45, 7) is 2.04. The molecule has 0 aliphatic rings. The zero-order valence-electron chi connectivity index (χ0n) is 12.7. The third-order valence-corrected chi connectivity index (χ3v) is 4.79. The van der Waals surface area contributed by atoms with E-state index in [0.29, 0.717) is 11.4 Å². The summed E-state index contributed by atoms with van der Waals surface area (Å²) in [5.41, 5.74) is 3.30. The van der Waals surface area contributed by atoms with Crippen LogP contribution >= 0.6 is 23.1 Å². The number of amides is 1. The van der Waals surface area contributed by atoms with Crippen LogP contribution in [0.25, 0.3) is 10.6 Å². The number of rotatable bonds is 4. The van der Waals surface area contributed by atoms with Gasteiger partial charge in [0.25, 0.3) is 5.91 Å². The van der Waals surface area contributed by atoms with Crippen LogP contribution in [0, 0.1) is 6.92 Å². The quantitative estimate of drug-likeness (QED) is 0.711. The van der Waals surface area contributed by atoms with Gasteiger partial charge in [0.15, 0.2) is 0 Å². The van der Waals surface area contributed by atoms with Crippen LogP contribution in [0.15, 0.2) is 53.0 Å². The first-order chi connectivity index (χ1) is 11.2. The van der Waals surface area contributed by atoms with E-state index in [9.17, 15) is 4.79 Å². The molecule has 0 unspecified atom stereocenters. The molecule has 1 aromatic carbocycles. The number of nitrogens with zero attached hydrogens (tertiary/aromatic N) is 2. The van der Waals surface area contributed by atoms with Crippen LogP contribution < -0.4 is 5.32 Å². The molecule has 3 rings (SSSR count). The maximum absolute atomic E-state index is 12.3. The van der Waals surface area contributed by atoms with Crippen molar-refractivity contribution in [3.8, 4) is 10.6 Å². The summed E-state index contributed by atoms with van der Waals surface area (Å²) in [5, 5.41) is 6.34. The molecular formula is C17H15N3OS2. The van der Waals surface area contributed by atoms with E-state index in [2.05, 4.69) is 15.3 Å². The smallest absolute Gasteiger partial charge is 0.275 e. The van der Waals surface area contributed by atoms with Gasteiger partial charge in [-0.15, -0.1) is 23.1 Å². The predicted molar refractivity (Wildman–Crippen MR) is 96.3 cm³/mol. The molecule has 0 saturated carbocycles. The number of benzene rings is 1. The molecule has 6 heteroatoms. The zero-order chi connectivity index (χ0) is 16.2. The largest absolute Gasteiger partial charge is 0.319 e. The number of nitrogens with one attached hydrogen (secondary N) is 1. The van der Waals surface area contributed by atoms with E-state index in [1.165, 1.54) is 16.9 Å². The molecule has 0 aliphatic carbocycles. The molecule has 23 heavy (non-hydrogen) atoms. The van der Waals surface area contributed by atoms with Crippen LogP contribution in [0.3, 0.4) is 0 Å². The lowest BCUT2D eigenvalue weighted by Crippen LogP contribution is -2.12. The topological polar surface area (TPSA) is 54.9 Å². The maximum Gasteiger partial charge on any atom is 0.275 e. The lowest BCUT2D eigenvalue weighted by Gasteiger charge is -2.03. The van der Waals surface area contributed by atoms with Crippen LogP contribution in [0.1, 0.15) is 16.1 Å². The van der Waals surface area contributed by atoms with Crippen LogP contribution in [-0.4, -0.2) is 22.1 Å². The third-order valence-electron chi connectivity index (χ3n) is 3.24. The van der Waals surface area contributed by atoms with Gasteiger partial charge in [-0.05, 0) is 25.3 Å². The SMILES string of the molecule is CSc1ccc(NC(=O)c2csc(-c3ccc(C)cc3)n2)cn1. The Morgan fingerprint density at radius 1 is 1.17 bits per heavy atom. The standard InChI is InChI=1S/C17H15N3OS2/c1-11-3-5-12(6-4-11)17-20-14(10-23-17)16(21)19-13-7-8-15(22-2)18-9-13/h3-10H,1-2H3,(H,19,21). The number of aromatic nitrogens is 2. The number of aryl methyl sites for hydroxylation is 1. The number of thiazole rings is 1. The first-order valence-electron chi connectivity index (χ1n) is 6.99. The Bertz CT molecular complexity index is 811. The van der Waals surface area contributed by atoms with Crippen LogP contribution in [0.2, 0.25) is 0 Å². The van der Waals surface area contributed by atoms with Crippen LogP contribution in [-0.2, 0) is 0 Å². The molecule has 0 bridgehead atoms. The van der Waals surface area contributed by atoms with Crippen LogP contribution in [0.5, 0.6) is 0 Å². The lowest BCUT2D eigenvalue weighted by molar-refractivity contribution is 0.102. The Labute approximate surface area is 143 Å². The molecule has 3 aromatic rings. The Morgan fingerprint density at radius 3 is 2.61 bits per heavy atom. The first-order valence-corrected chi connectivity index (χ1v) is 9.10. The Balaban J connectivity index is 1.74. The van der Waals surface area contributed by atoms with Gasteiger partial charge in [-0.1, -0.05) is 29.8 Å². The highest BCUT2D eigenvalue weighted by Gasteiger charge is 2.12. The fraction of sp³-hybridized carbons (Fsp3) is 0.118. The van der Waals surface area contributed by atoms with E-state index in [-0.39, 0.29) is 5.91 Å². The zero-order valence-corrected chi connectivity index (χ0v) is 14.4. The van der Waals surface area contributed by atoms with E-state index < -0.39 is 0 Å². The molecule has 2 heterocycles. The number of carbonyl (C=O) groups excluding carboxylic acids is 1. The van der Waals surface area contributed by atoms with E-state index in [1.807, 2.05) is 49.6 Å². The van der Waals surface area contributed by atoms with Gasteiger partial charge in [0.2, 0.25) is 0 Å². The fourth-order valence-electron chi connectivity index (χ4n) is 1.98. The molecule has 1 amide bonds. The number of hydrogen-bond acceptors (Lipinski definition) is 5. The van der Waals surface area contributed by atoms with Gasteiger partial charge in [-0.3, -0.25) is 4.79 Å². The minimum absolute atomic E-state index is 0.224. The fourth-order valence-corrected chi connectivity index (χ4v) is 3.15. The summed E-state index contributed by atoms with van der Waals surface area (Å²) in [6.07, 6.45) is 3.61. The molecule has 0 atom stereocenters. The number of thioether (sulfide) groups is 1. The van der Waals surface area contributed by atoms with Crippen LogP contribution in [0.4, 0.5) is 5.69 Å². The lowest BCUT2D eigenvalue weighted by atomic mass is 10.2. The number of anilines is 1. The number of hydrogen-bond donors (Lipinski definition) is 1. The first kappa shape index (κ1) is 15.7. The van der Waals surface area contributed by atoms with E-state index in [4.69, 9.17) is 0 Å². The molecule has 1 N–H and O–H groups in total. The highest BCUT2D eigenvalue weighted by molar-refractivity contribution is 7.98. The Kier molecular flexibility index (Phi) is 4.73. The van der Waals surface area contributed by atoms with Crippen molar-refractivity contribution in [2.45, 2.75) is 11.9 Å². The van der Waals surface area contributed by atoms with Crippen molar-refractivity contribution in [2.75, 3.05) is 11.6 Å². The third kappa shape index (κ3) is 3.78. The van der Waals surface area contributed by atoms with E-state index in [0.717, 1.165) is 15.6 Å². The van der Waals surface area contributed by atoms with E-state index in [1.54, 1.807) is 23.3 Å². The van der Waals surface area contributed by atoms with Crippen molar-refractivity contribution < 1.29 is 4.79 Å². The minimum Gasteiger partial charge on any atom is -0.319 e.